The van der Waals surface area contributed by atoms with Crippen LogP contribution in [0, 0.1) is 0 Å². The third-order valence-electron chi connectivity index (χ3n) is 4.43. The van der Waals surface area contributed by atoms with Crippen LogP contribution in [0.25, 0.3) is 10.9 Å². The maximum absolute atomic E-state index is 12.6. The number of aromatic carboxylic acids is 1. The van der Waals surface area contributed by atoms with Gasteiger partial charge < -0.3 is 29.3 Å². The SMILES string of the molecule is COc1ccc(NC(=O)Cc2c(C(=O)[O-])n(C)c3ccccc23)c(OC)c1. The highest BCUT2D eigenvalue weighted by molar-refractivity contribution is 6.02. The Kier molecular flexibility index (Phi) is 5.03. The summed E-state index contributed by atoms with van der Waals surface area (Å²) in [5.41, 5.74) is 1.60. The molecule has 7 heteroatoms. The van der Waals surface area contributed by atoms with Crippen molar-refractivity contribution >= 4 is 28.5 Å². The second-order valence-corrected chi connectivity index (χ2v) is 5.98. The van der Waals surface area contributed by atoms with Crippen molar-refractivity contribution in [2.24, 2.45) is 7.05 Å². The minimum absolute atomic E-state index is 0.00644. The Hall–Kier alpha value is -3.48. The molecule has 1 N–H and O–H groups in total. The zero-order valence-electron chi connectivity index (χ0n) is 15.2. The Labute approximate surface area is 156 Å². The molecule has 27 heavy (non-hydrogen) atoms. The third-order valence-corrected chi connectivity index (χ3v) is 4.43. The minimum atomic E-state index is -1.32. The van der Waals surface area contributed by atoms with E-state index >= 15 is 0 Å². The number of methoxy groups -OCH3 is 2. The Morgan fingerprint density at radius 3 is 2.52 bits per heavy atom. The van der Waals surface area contributed by atoms with Gasteiger partial charge in [0, 0.05) is 24.0 Å². The van der Waals surface area contributed by atoms with E-state index in [-0.39, 0.29) is 18.0 Å². The molecule has 0 aliphatic rings. The van der Waals surface area contributed by atoms with E-state index in [1.54, 1.807) is 43.4 Å². The largest absolute Gasteiger partial charge is 0.543 e. The predicted octanol–water partition coefficient (Wildman–Crippen LogP) is 1.74. The van der Waals surface area contributed by atoms with E-state index in [0.717, 1.165) is 5.52 Å². The van der Waals surface area contributed by atoms with Crippen molar-refractivity contribution < 1.29 is 24.2 Å². The zero-order chi connectivity index (χ0) is 19.6. The number of carboxylic acid groups (broad SMARTS) is 1. The Morgan fingerprint density at radius 2 is 1.85 bits per heavy atom. The normalized spacial score (nSPS) is 10.6. The van der Waals surface area contributed by atoms with Crippen LogP contribution in [0.2, 0.25) is 0 Å². The van der Waals surface area contributed by atoms with E-state index in [1.165, 1.54) is 18.8 Å². The number of benzene rings is 2. The molecule has 0 aliphatic heterocycles. The zero-order valence-corrected chi connectivity index (χ0v) is 15.2. The van der Waals surface area contributed by atoms with Gasteiger partial charge in [-0.3, -0.25) is 4.79 Å². The maximum atomic E-state index is 12.6. The lowest BCUT2D eigenvalue weighted by Gasteiger charge is -2.12. The number of carboxylic acids is 1. The van der Waals surface area contributed by atoms with Crippen LogP contribution in [0.15, 0.2) is 42.5 Å². The second kappa shape index (κ2) is 7.41. The molecule has 0 bridgehead atoms. The lowest BCUT2D eigenvalue weighted by Crippen LogP contribution is -2.27. The van der Waals surface area contributed by atoms with Gasteiger partial charge in [-0.2, -0.15) is 0 Å². The molecule has 0 saturated carbocycles. The van der Waals surface area contributed by atoms with Crippen LogP contribution < -0.4 is 19.9 Å². The first-order chi connectivity index (χ1) is 13.0. The number of carbonyl (C=O) groups is 2. The van der Waals surface area contributed by atoms with Crippen molar-refractivity contribution in [3.63, 3.8) is 0 Å². The molecule has 0 unspecified atom stereocenters. The molecule has 1 heterocycles. The molecule has 3 rings (SSSR count). The fourth-order valence-electron chi connectivity index (χ4n) is 3.17. The number of aryl methyl sites for hydroxylation is 1. The van der Waals surface area contributed by atoms with E-state index in [9.17, 15) is 14.7 Å². The first kappa shape index (κ1) is 18.3. The molecule has 0 saturated heterocycles. The molecule has 2 aromatic carbocycles. The first-order valence-electron chi connectivity index (χ1n) is 8.25. The number of nitrogens with zero attached hydrogens (tertiary/aromatic N) is 1. The van der Waals surface area contributed by atoms with Crippen LogP contribution in [0.4, 0.5) is 5.69 Å². The lowest BCUT2D eigenvalue weighted by molar-refractivity contribution is -0.255. The Morgan fingerprint density at radius 1 is 1.11 bits per heavy atom. The van der Waals surface area contributed by atoms with E-state index in [4.69, 9.17) is 9.47 Å². The maximum Gasteiger partial charge on any atom is 0.229 e. The fraction of sp³-hybridized carbons (Fsp3) is 0.200. The molecule has 1 amide bonds. The average molecular weight is 367 g/mol. The Bertz CT molecular complexity index is 1020. The van der Waals surface area contributed by atoms with Gasteiger partial charge in [-0.25, -0.2) is 0 Å². The van der Waals surface area contributed by atoms with Crippen molar-refractivity contribution in [3.05, 3.63) is 53.7 Å². The van der Waals surface area contributed by atoms with Gasteiger partial charge in [-0.1, -0.05) is 18.2 Å². The number of para-hydroxylation sites is 1. The van der Waals surface area contributed by atoms with E-state index in [1.807, 2.05) is 6.07 Å². The van der Waals surface area contributed by atoms with Crippen LogP contribution in [-0.2, 0) is 18.3 Å². The first-order valence-corrected chi connectivity index (χ1v) is 8.25. The summed E-state index contributed by atoms with van der Waals surface area (Å²) in [7, 11) is 4.67. The standard InChI is InChI=1S/C20H20N2O5/c1-22-16-7-5-4-6-13(16)14(19(22)20(24)25)11-18(23)21-15-9-8-12(26-2)10-17(15)27-3/h4-10H,11H2,1-3H3,(H,21,23)(H,24,25)/p-1. The summed E-state index contributed by atoms with van der Waals surface area (Å²) in [4.78, 5) is 24.2. The molecular formula is C20H19N2O5-. The minimum Gasteiger partial charge on any atom is -0.543 e. The van der Waals surface area contributed by atoms with Crippen LogP contribution in [0.5, 0.6) is 11.5 Å². The second-order valence-electron chi connectivity index (χ2n) is 5.98. The van der Waals surface area contributed by atoms with E-state index < -0.39 is 5.97 Å². The summed E-state index contributed by atoms with van der Waals surface area (Å²) in [6.07, 6.45) is -0.111. The highest BCUT2D eigenvalue weighted by atomic mass is 16.5. The number of fused-ring (bicyclic) bond motifs is 1. The summed E-state index contributed by atoms with van der Waals surface area (Å²) in [6, 6.07) is 12.2. The number of carbonyl (C=O) groups excluding carboxylic acids is 2. The van der Waals surface area contributed by atoms with Gasteiger partial charge in [0.25, 0.3) is 0 Å². The van der Waals surface area contributed by atoms with Gasteiger partial charge in [0.05, 0.1) is 38.0 Å². The third kappa shape index (κ3) is 3.44. The van der Waals surface area contributed by atoms with Crippen molar-refractivity contribution in [2.45, 2.75) is 6.42 Å². The molecule has 7 nitrogen and oxygen atoms in total. The van der Waals surface area contributed by atoms with Gasteiger partial charge in [0.2, 0.25) is 5.91 Å². The number of rotatable bonds is 6. The highest BCUT2D eigenvalue weighted by Gasteiger charge is 2.19. The van der Waals surface area contributed by atoms with E-state index in [2.05, 4.69) is 5.32 Å². The molecule has 0 spiro atoms. The van der Waals surface area contributed by atoms with Gasteiger partial charge in [-0.05, 0) is 23.8 Å². The lowest BCUT2D eigenvalue weighted by atomic mass is 10.1. The quantitative estimate of drug-likeness (QED) is 0.716. The summed E-state index contributed by atoms with van der Waals surface area (Å²) in [5.74, 6) is -0.644. The Balaban J connectivity index is 1.93. The number of aromatic nitrogens is 1. The van der Waals surface area contributed by atoms with Gasteiger partial charge in [0.1, 0.15) is 11.5 Å². The number of hydrogen-bond donors (Lipinski definition) is 1. The number of ether oxygens (including phenoxy) is 2. The van der Waals surface area contributed by atoms with Crippen molar-refractivity contribution in [1.29, 1.82) is 0 Å². The molecule has 0 radical (unpaired) electrons. The fourth-order valence-corrected chi connectivity index (χ4v) is 3.17. The van der Waals surface area contributed by atoms with E-state index in [0.29, 0.717) is 28.1 Å². The number of anilines is 1. The van der Waals surface area contributed by atoms with Crippen LogP contribution in [0.1, 0.15) is 16.1 Å². The predicted molar refractivity (Wildman–Crippen MR) is 99.1 cm³/mol. The van der Waals surface area contributed by atoms with Crippen molar-refractivity contribution in [1.82, 2.24) is 4.57 Å². The van der Waals surface area contributed by atoms with Gasteiger partial charge in [-0.15, -0.1) is 0 Å². The van der Waals surface area contributed by atoms with Crippen LogP contribution in [0.3, 0.4) is 0 Å². The highest BCUT2D eigenvalue weighted by Crippen LogP contribution is 2.30. The summed E-state index contributed by atoms with van der Waals surface area (Å²) in [5, 5.41) is 15.1. The molecule has 1 aromatic heterocycles. The van der Waals surface area contributed by atoms with Crippen molar-refractivity contribution in [2.75, 3.05) is 19.5 Å². The number of nitrogens with one attached hydrogen (secondary N) is 1. The molecule has 3 aromatic rings. The molecular weight excluding hydrogens is 348 g/mol. The number of hydrogen-bond acceptors (Lipinski definition) is 5. The topological polar surface area (TPSA) is 92.6 Å². The molecule has 0 aliphatic carbocycles. The van der Waals surface area contributed by atoms with Crippen molar-refractivity contribution in [3.8, 4) is 11.5 Å². The van der Waals surface area contributed by atoms with Gasteiger partial charge in [0.15, 0.2) is 0 Å². The summed E-state index contributed by atoms with van der Waals surface area (Å²) in [6.45, 7) is 0. The smallest absolute Gasteiger partial charge is 0.229 e. The van der Waals surface area contributed by atoms with Crippen LogP contribution in [-0.4, -0.2) is 30.7 Å². The van der Waals surface area contributed by atoms with Crippen LogP contribution >= 0.6 is 0 Å². The average Bonchev–Trinajstić information content (AvgIpc) is 2.94. The summed E-state index contributed by atoms with van der Waals surface area (Å²) >= 11 is 0. The monoisotopic (exact) mass is 367 g/mol. The molecule has 0 fully saturated rings. The molecule has 0 atom stereocenters. The van der Waals surface area contributed by atoms with Gasteiger partial charge >= 0.3 is 0 Å². The summed E-state index contributed by atoms with van der Waals surface area (Å²) < 4.78 is 11.9. The molecule has 140 valence electrons. The number of amides is 1.